The van der Waals surface area contributed by atoms with E-state index in [1.54, 1.807) is 30.5 Å². The first-order valence-corrected chi connectivity index (χ1v) is 11.1. The Morgan fingerprint density at radius 3 is 2.50 bits per heavy atom. The summed E-state index contributed by atoms with van der Waals surface area (Å²) in [5, 5.41) is 5.04. The van der Waals surface area contributed by atoms with Gasteiger partial charge < -0.3 is 14.8 Å². The summed E-state index contributed by atoms with van der Waals surface area (Å²) < 4.78 is 15.7. The maximum atomic E-state index is 13.6. The summed E-state index contributed by atoms with van der Waals surface area (Å²) in [6.45, 7) is 0. The van der Waals surface area contributed by atoms with Crippen molar-refractivity contribution >= 4 is 46.2 Å². The van der Waals surface area contributed by atoms with E-state index < -0.39 is 0 Å². The van der Waals surface area contributed by atoms with Gasteiger partial charge in [-0.3, -0.25) is 4.98 Å². The lowest BCUT2D eigenvalue weighted by Crippen LogP contribution is -2.30. The van der Waals surface area contributed by atoms with Crippen LogP contribution in [0.5, 0.6) is 0 Å². The predicted octanol–water partition coefficient (Wildman–Crippen LogP) is 6.50. The van der Waals surface area contributed by atoms with Gasteiger partial charge >= 0.3 is 0 Å². The standard InChI is InChI=1S/C24H17Cl2FN4S/c25-15-6-11-20(18(26)14-15)30-13-3-5-21(30)23-22(19-4-1-2-12-28-19)29-24(32)31(23)17-9-7-16(27)8-10-17/h1-14,22-23H,(H,29,32)/t22-,23-/m1/s1. The molecule has 0 bridgehead atoms. The first-order valence-electron chi connectivity index (χ1n) is 9.92. The van der Waals surface area contributed by atoms with Gasteiger partial charge in [0.05, 0.1) is 22.4 Å². The molecule has 0 radical (unpaired) electrons. The average Bonchev–Trinajstić information content (AvgIpc) is 3.39. The van der Waals surface area contributed by atoms with Crippen LogP contribution in [0.15, 0.2) is 85.2 Å². The molecule has 1 fully saturated rings. The van der Waals surface area contributed by atoms with Gasteiger partial charge in [0.2, 0.25) is 0 Å². The van der Waals surface area contributed by atoms with Crippen LogP contribution < -0.4 is 10.2 Å². The van der Waals surface area contributed by atoms with Gasteiger partial charge in [0.1, 0.15) is 11.9 Å². The fourth-order valence-corrected chi connectivity index (χ4v) is 4.91. The molecule has 2 atom stereocenters. The van der Waals surface area contributed by atoms with E-state index in [1.807, 2.05) is 52.1 Å². The third kappa shape index (κ3) is 3.75. The van der Waals surface area contributed by atoms with Crippen molar-refractivity contribution in [3.05, 3.63) is 112 Å². The topological polar surface area (TPSA) is 33.1 Å². The summed E-state index contributed by atoms with van der Waals surface area (Å²) >= 11 is 18.4. The molecule has 1 aliphatic heterocycles. The highest BCUT2D eigenvalue weighted by molar-refractivity contribution is 7.80. The van der Waals surface area contributed by atoms with Gasteiger partial charge in [-0.05, 0) is 78.9 Å². The second-order valence-electron chi connectivity index (χ2n) is 7.37. The van der Waals surface area contributed by atoms with Crippen LogP contribution in [0.3, 0.4) is 0 Å². The number of aromatic nitrogens is 2. The van der Waals surface area contributed by atoms with Gasteiger partial charge in [0, 0.05) is 28.8 Å². The van der Waals surface area contributed by atoms with Crippen molar-refractivity contribution in [2.75, 3.05) is 4.90 Å². The molecule has 0 aliphatic carbocycles. The molecule has 1 saturated heterocycles. The number of halogens is 3. The first-order chi connectivity index (χ1) is 15.5. The molecule has 0 spiro atoms. The lowest BCUT2D eigenvalue weighted by Gasteiger charge is -2.29. The Balaban J connectivity index is 1.68. The van der Waals surface area contributed by atoms with Crippen molar-refractivity contribution in [3.8, 4) is 5.69 Å². The summed E-state index contributed by atoms with van der Waals surface area (Å²) in [7, 11) is 0. The van der Waals surface area contributed by atoms with Crippen LogP contribution in [0.4, 0.5) is 10.1 Å². The molecule has 2 aromatic heterocycles. The van der Waals surface area contributed by atoms with Gasteiger partial charge in [-0.15, -0.1) is 0 Å². The van der Waals surface area contributed by atoms with E-state index in [-0.39, 0.29) is 17.9 Å². The fraction of sp³-hybridized carbons (Fsp3) is 0.0833. The summed E-state index contributed by atoms with van der Waals surface area (Å²) in [5.74, 6) is -0.305. The molecule has 5 rings (SSSR count). The highest BCUT2D eigenvalue weighted by Crippen LogP contribution is 2.42. The highest BCUT2D eigenvalue weighted by Gasteiger charge is 2.42. The molecule has 4 nitrogen and oxygen atoms in total. The van der Waals surface area contributed by atoms with E-state index in [2.05, 4.69) is 10.3 Å². The van der Waals surface area contributed by atoms with Gasteiger partial charge in [-0.25, -0.2) is 4.39 Å². The Bertz CT molecular complexity index is 1280. The lowest BCUT2D eigenvalue weighted by molar-refractivity contribution is 0.549. The second kappa shape index (κ2) is 8.54. The van der Waals surface area contributed by atoms with Gasteiger partial charge in [-0.2, -0.15) is 0 Å². The maximum absolute atomic E-state index is 13.6. The first kappa shape index (κ1) is 20.9. The number of pyridine rings is 1. The summed E-state index contributed by atoms with van der Waals surface area (Å²) in [5.41, 5.74) is 3.37. The molecular formula is C24H17Cl2FN4S. The van der Waals surface area contributed by atoms with Crippen molar-refractivity contribution in [3.63, 3.8) is 0 Å². The second-order valence-corrected chi connectivity index (χ2v) is 8.60. The van der Waals surface area contributed by atoms with Gasteiger partial charge in [-0.1, -0.05) is 29.3 Å². The van der Waals surface area contributed by atoms with Crippen molar-refractivity contribution in [1.82, 2.24) is 14.9 Å². The number of hydrogen-bond acceptors (Lipinski definition) is 2. The molecule has 0 amide bonds. The van der Waals surface area contributed by atoms with E-state index in [1.165, 1.54) is 12.1 Å². The van der Waals surface area contributed by atoms with E-state index in [0.29, 0.717) is 15.2 Å². The summed E-state index contributed by atoms with van der Waals surface area (Å²) in [6.07, 6.45) is 3.71. The number of benzene rings is 2. The normalized spacial score (nSPS) is 18.1. The molecule has 0 saturated carbocycles. The third-order valence-electron chi connectivity index (χ3n) is 5.46. The van der Waals surface area contributed by atoms with Crippen LogP contribution in [0.25, 0.3) is 5.69 Å². The van der Waals surface area contributed by atoms with Crippen LogP contribution in [-0.4, -0.2) is 14.7 Å². The molecule has 32 heavy (non-hydrogen) atoms. The monoisotopic (exact) mass is 482 g/mol. The van der Waals surface area contributed by atoms with Crippen LogP contribution in [0, 0.1) is 5.82 Å². The molecule has 3 heterocycles. The van der Waals surface area contributed by atoms with E-state index in [9.17, 15) is 4.39 Å². The van der Waals surface area contributed by atoms with Crippen molar-refractivity contribution < 1.29 is 4.39 Å². The van der Waals surface area contributed by atoms with Crippen molar-refractivity contribution in [1.29, 1.82) is 0 Å². The predicted molar refractivity (Wildman–Crippen MR) is 130 cm³/mol. The Labute approximate surface area is 200 Å². The SMILES string of the molecule is Fc1ccc(N2C(=S)N[C@H](c3ccccn3)[C@H]2c2cccn2-c2ccc(Cl)cc2Cl)cc1. The van der Waals surface area contributed by atoms with Crippen LogP contribution in [0.1, 0.15) is 23.5 Å². The molecule has 1 N–H and O–H groups in total. The molecule has 4 aromatic rings. The van der Waals surface area contributed by atoms with Crippen LogP contribution in [-0.2, 0) is 0 Å². The summed E-state index contributed by atoms with van der Waals surface area (Å²) in [6, 6.07) is 21.0. The Hall–Kier alpha value is -2.93. The maximum Gasteiger partial charge on any atom is 0.174 e. The van der Waals surface area contributed by atoms with Crippen LogP contribution in [0.2, 0.25) is 10.0 Å². The Morgan fingerprint density at radius 2 is 1.78 bits per heavy atom. The smallest absolute Gasteiger partial charge is 0.174 e. The van der Waals surface area contributed by atoms with Gasteiger partial charge in [0.15, 0.2) is 5.11 Å². The molecular weight excluding hydrogens is 466 g/mol. The molecule has 2 aromatic carbocycles. The molecule has 160 valence electrons. The number of thiocarbonyl (C=S) groups is 1. The largest absolute Gasteiger partial charge is 0.351 e. The quantitative estimate of drug-likeness (QED) is 0.336. The molecule has 8 heteroatoms. The Kier molecular flexibility index (Phi) is 5.59. The lowest BCUT2D eigenvalue weighted by atomic mass is 10.0. The van der Waals surface area contributed by atoms with Crippen LogP contribution >= 0.6 is 35.4 Å². The number of anilines is 1. The Morgan fingerprint density at radius 1 is 0.969 bits per heavy atom. The number of rotatable bonds is 4. The summed E-state index contributed by atoms with van der Waals surface area (Å²) in [4.78, 5) is 6.56. The zero-order valence-corrected chi connectivity index (χ0v) is 18.9. The number of hydrogen-bond donors (Lipinski definition) is 1. The van der Waals surface area contributed by atoms with E-state index in [4.69, 9.17) is 35.4 Å². The minimum atomic E-state index is -0.305. The average molecular weight is 483 g/mol. The van der Waals surface area contributed by atoms with E-state index in [0.717, 1.165) is 22.8 Å². The zero-order chi connectivity index (χ0) is 22.2. The molecule has 1 aliphatic rings. The minimum absolute atomic E-state index is 0.228. The number of nitrogens with zero attached hydrogens (tertiary/aromatic N) is 3. The third-order valence-corrected chi connectivity index (χ3v) is 6.31. The molecule has 0 unspecified atom stereocenters. The van der Waals surface area contributed by atoms with Crippen molar-refractivity contribution in [2.24, 2.45) is 0 Å². The highest BCUT2D eigenvalue weighted by atomic mass is 35.5. The fourth-order valence-electron chi connectivity index (χ4n) is 4.07. The van der Waals surface area contributed by atoms with E-state index >= 15 is 0 Å². The zero-order valence-electron chi connectivity index (χ0n) is 16.6. The number of nitrogens with one attached hydrogen (secondary N) is 1. The van der Waals surface area contributed by atoms with Crippen molar-refractivity contribution in [2.45, 2.75) is 12.1 Å². The minimum Gasteiger partial charge on any atom is -0.351 e. The van der Waals surface area contributed by atoms with Gasteiger partial charge in [0.25, 0.3) is 0 Å².